The number of ether oxygens (including phenoxy) is 2. The van der Waals surface area contributed by atoms with Crippen molar-refractivity contribution in [3.05, 3.63) is 52.5 Å². The Morgan fingerprint density at radius 3 is 2.45 bits per heavy atom. The van der Waals surface area contributed by atoms with Crippen molar-refractivity contribution in [2.75, 3.05) is 20.8 Å². The molecule has 5 nitrogen and oxygen atoms in total. The van der Waals surface area contributed by atoms with Gasteiger partial charge in [-0.25, -0.2) is 8.42 Å². The van der Waals surface area contributed by atoms with Crippen molar-refractivity contribution in [2.24, 2.45) is 0 Å². The first-order valence-corrected chi connectivity index (χ1v) is 10.5. The second kappa shape index (κ2) is 8.04. The van der Waals surface area contributed by atoms with E-state index in [1.165, 1.54) is 14.2 Å². The summed E-state index contributed by atoms with van der Waals surface area (Å²) in [6, 6.07) is 6.94. The third-order valence-corrected chi connectivity index (χ3v) is 7.03. The largest absolute Gasteiger partial charge is 0.497 e. The van der Waals surface area contributed by atoms with Gasteiger partial charge >= 0.3 is 6.18 Å². The summed E-state index contributed by atoms with van der Waals surface area (Å²) in [4.78, 5) is -0.817. The Hall–Kier alpha value is -1.97. The van der Waals surface area contributed by atoms with E-state index in [-0.39, 0.29) is 11.6 Å². The zero-order valence-electron chi connectivity index (χ0n) is 15.7. The molecule has 3 rings (SSSR count). The Labute approximate surface area is 172 Å². The summed E-state index contributed by atoms with van der Waals surface area (Å²) in [5, 5.41) is -0.191. The molecule has 0 amide bonds. The van der Waals surface area contributed by atoms with Gasteiger partial charge < -0.3 is 9.47 Å². The van der Waals surface area contributed by atoms with Crippen LogP contribution in [0.1, 0.15) is 30.0 Å². The lowest BCUT2D eigenvalue weighted by atomic mass is 10.0. The zero-order valence-corrected chi connectivity index (χ0v) is 17.2. The molecule has 10 heteroatoms. The minimum atomic E-state index is -4.86. The van der Waals surface area contributed by atoms with E-state index >= 15 is 0 Å². The van der Waals surface area contributed by atoms with Crippen LogP contribution in [0.2, 0.25) is 5.02 Å². The van der Waals surface area contributed by atoms with Gasteiger partial charge in [0.05, 0.1) is 30.7 Å². The van der Waals surface area contributed by atoms with Crippen molar-refractivity contribution in [1.29, 1.82) is 0 Å². The van der Waals surface area contributed by atoms with Crippen molar-refractivity contribution in [3.63, 3.8) is 0 Å². The Kier molecular flexibility index (Phi) is 6.03. The van der Waals surface area contributed by atoms with Crippen LogP contribution in [-0.4, -0.2) is 33.5 Å². The second-order valence-corrected chi connectivity index (χ2v) is 8.82. The van der Waals surface area contributed by atoms with E-state index in [2.05, 4.69) is 0 Å². The van der Waals surface area contributed by atoms with Crippen LogP contribution in [0.3, 0.4) is 0 Å². The lowest BCUT2D eigenvalue weighted by molar-refractivity contribution is -0.139. The molecule has 1 aliphatic rings. The summed E-state index contributed by atoms with van der Waals surface area (Å²) in [7, 11) is -1.54. The van der Waals surface area contributed by atoms with Gasteiger partial charge in [0.1, 0.15) is 11.5 Å². The van der Waals surface area contributed by atoms with Crippen LogP contribution in [0.25, 0.3) is 0 Å². The topological polar surface area (TPSA) is 55.8 Å². The van der Waals surface area contributed by atoms with E-state index in [0.717, 1.165) is 16.4 Å². The van der Waals surface area contributed by atoms with Crippen LogP contribution >= 0.6 is 11.6 Å². The fraction of sp³-hybridized carbons (Fsp3) is 0.368. The molecular formula is C19H19ClF3NO4S. The molecule has 0 radical (unpaired) electrons. The van der Waals surface area contributed by atoms with E-state index in [0.29, 0.717) is 36.0 Å². The SMILES string of the molecule is COc1ccc(OC)c([C@H]2CCCN2S(=O)(=O)c2ccc(Cl)cc2C(F)(F)F)c1. The maximum absolute atomic E-state index is 13.5. The standard InChI is InChI=1S/C19H19ClF3NO4S/c1-27-13-6-7-17(28-2)14(11-13)16-4-3-9-24(16)29(25,26)18-8-5-12(20)10-15(18)19(21,22)23/h5-8,10-11,16H,3-4,9H2,1-2H3/t16-/m1/s1. The lowest BCUT2D eigenvalue weighted by Gasteiger charge is -2.27. The minimum absolute atomic E-state index is 0.0906. The third kappa shape index (κ3) is 4.17. The number of alkyl halides is 3. The number of nitrogens with zero attached hydrogens (tertiary/aromatic N) is 1. The van der Waals surface area contributed by atoms with Gasteiger partial charge in [0.2, 0.25) is 10.0 Å². The zero-order chi connectivity index (χ0) is 21.4. The average molecular weight is 450 g/mol. The molecule has 0 spiro atoms. The van der Waals surface area contributed by atoms with Crippen LogP contribution < -0.4 is 9.47 Å². The van der Waals surface area contributed by atoms with E-state index in [4.69, 9.17) is 21.1 Å². The molecule has 0 N–H and O–H groups in total. The highest BCUT2D eigenvalue weighted by Gasteiger charge is 2.43. The van der Waals surface area contributed by atoms with Crippen molar-refractivity contribution < 1.29 is 31.1 Å². The second-order valence-electron chi connectivity index (χ2n) is 6.52. The van der Waals surface area contributed by atoms with Gasteiger partial charge in [-0.15, -0.1) is 0 Å². The molecule has 0 aliphatic carbocycles. The molecular weight excluding hydrogens is 431 g/mol. The molecule has 1 aliphatic heterocycles. The van der Waals surface area contributed by atoms with Crippen molar-refractivity contribution in [1.82, 2.24) is 4.31 Å². The number of rotatable bonds is 5. The fourth-order valence-corrected chi connectivity index (χ4v) is 5.55. The van der Waals surface area contributed by atoms with Crippen LogP contribution in [-0.2, 0) is 16.2 Å². The summed E-state index contributed by atoms with van der Waals surface area (Å²) < 4.78 is 78.7. The van der Waals surface area contributed by atoms with Crippen LogP contribution in [0, 0.1) is 0 Å². The number of halogens is 4. The quantitative estimate of drug-likeness (QED) is 0.651. The summed E-state index contributed by atoms with van der Waals surface area (Å²) in [5.74, 6) is 0.928. The molecule has 0 bridgehead atoms. The highest BCUT2D eigenvalue weighted by molar-refractivity contribution is 7.89. The average Bonchev–Trinajstić information content (AvgIpc) is 3.17. The first-order valence-electron chi connectivity index (χ1n) is 8.70. The highest BCUT2D eigenvalue weighted by atomic mass is 35.5. The normalized spacial score (nSPS) is 18.1. The Morgan fingerprint density at radius 2 is 1.83 bits per heavy atom. The smallest absolute Gasteiger partial charge is 0.417 e. The predicted octanol–water partition coefficient (Wildman–Crippen LogP) is 4.90. The first kappa shape index (κ1) is 21.7. The number of benzene rings is 2. The number of hydrogen-bond donors (Lipinski definition) is 0. The number of methoxy groups -OCH3 is 2. The van der Waals surface area contributed by atoms with Gasteiger partial charge in [-0.05, 0) is 49.2 Å². The van der Waals surface area contributed by atoms with E-state index < -0.39 is 32.7 Å². The van der Waals surface area contributed by atoms with Gasteiger partial charge in [0, 0.05) is 17.1 Å². The van der Waals surface area contributed by atoms with Gasteiger partial charge in [0.15, 0.2) is 0 Å². The number of hydrogen-bond acceptors (Lipinski definition) is 4. The molecule has 1 heterocycles. The molecule has 0 aromatic heterocycles. The summed E-state index contributed by atoms with van der Waals surface area (Å²) in [6.45, 7) is 0.0906. The lowest BCUT2D eigenvalue weighted by Crippen LogP contribution is -2.32. The molecule has 0 saturated carbocycles. The van der Waals surface area contributed by atoms with Crippen LogP contribution in [0.5, 0.6) is 11.5 Å². The maximum Gasteiger partial charge on any atom is 0.417 e. The molecule has 1 saturated heterocycles. The van der Waals surface area contributed by atoms with E-state index in [9.17, 15) is 21.6 Å². The van der Waals surface area contributed by atoms with Crippen molar-refractivity contribution >= 4 is 21.6 Å². The van der Waals surface area contributed by atoms with Crippen molar-refractivity contribution in [2.45, 2.75) is 30.0 Å². The highest BCUT2D eigenvalue weighted by Crippen LogP contribution is 2.44. The summed E-state index contributed by atoms with van der Waals surface area (Å²) >= 11 is 5.69. The molecule has 2 aromatic rings. The Balaban J connectivity index is 2.11. The van der Waals surface area contributed by atoms with Gasteiger partial charge in [-0.2, -0.15) is 17.5 Å². The molecule has 29 heavy (non-hydrogen) atoms. The van der Waals surface area contributed by atoms with Crippen molar-refractivity contribution in [3.8, 4) is 11.5 Å². The Morgan fingerprint density at radius 1 is 1.10 bits per heavy atom. The first-order chi connectivity index (χ1) is 13.6. The van der Waals surface area contributed by atoms with E-state index in [1.807, 2.05) is 0 Å². The molecule has 2 aromatic carbocycles. The molecule has 158 valence electrons. The molecule has 1 atom stereocenters. The predicted molar refractivity (Wildman–Crippen MR) is 102 cm³/mol. The van der Waals surface area contributed by atoms with Crippen LogP contribution in [0.4, 0.5) is 13.2 Å². The fourth-order valence-electron chi connectivity index (χ4n) is 3.51. The van der Waals surface area contributed by atoms with Gasteiger partial charge in [0.25, 0.3) is 0 Å². The minimum Gasteiger partial charge on any atom is -0.497 e. The summed E-state index contributed by atoms with van der Waals surface area (Å²) in [5.41, 5.74) is -0.747. The Bertz CT molecular complexity index is 1010. The third-order valence-electron chi connectivity index (χ3n) is 4.83. The van der Waals surface area contributed by atoms with Gasteiger partial charge in [-0.3, -0.25) is 0 Å². The monoisotopic (exact) mass is 449 g/mol. The molecule has 1 fully saturated rings. The van der Waals surface area contributed by atoms with Gasteiger partial charge in [-0.1, -0.05) is 11.6 Å². The summed E-state index contributed by atoms with van der Waals surface area (Å²) in [6.07, 6.45) is -3.92. The van der Waals surface area contributed by atoms with Crippen LogP contribution in [0.15, 0.2) is 41.3 Å². The molecule has 0 unspecified atom stereocenters. The van der Waals surface area contributed by atoms with E-state index in [1.54, 1.807) is 18.2 Å². The maximum atomic E-state index is 13.5. The number of sulfonamides is 1.